The normalized spacial score (nSPS) is 10.1. The highest BCUT2D eigenvalue weighted by Gasteiger charge is 2.17. The van der Waals surface area contributed by atoms with Crippen LogP contribution >= 0.6 is 0 Å². The minimum atomic E-state index is -0.439. The van der Waals surface area contributed by atoms with Crippen LogP contribution in [0, 0.1) is 0 Å². The molecule has 0 spiro atoms. The number of hydrogen-bond donors (Lipinski definition) is 1. The van der Waals surface area contributed by atoms with Gasteiger partial charge in [-0.1, -0.05) is 23.4 Å². The molecule has 2 aromatic rings. The van der Waals surface area contributed by atoms with Gasteiger partial charge >= 0.3 is 5.97 Å². The summed E-state index contributed by atoms with van der Waals surface area (Å²) in [4.78, 5) is 11.5. The lowest BCUT2D eigenvalue weighted by Gasteiger charge is -2.04. The number of carbonyl (C=O) groups excluding carboxylic acids is 1. The Balaban J connectivity index is 2.57. The number of aromatic nitrogens is 1. The van der Waals surface area contributed by atoms with E-state index in [-0.39, 0.29) is 0 Å². The number of benzene rings is 1. The Hall–Kier alpha value is -2.30. The van der Waals surface area contributed by atoms with Gasteiger partial charge in [0.25, 0.3) is 0 Å². The van der Waals surface area contributed by atoms with Crippen molar-refractivity contribution in [1.82, 2.24) is 5.16 Å². The van der Waals surface area contributed by atoms with E-state index >= 15 is 0 Å². The van der Waals surface area contributed by atoms with Gasteiger partial charge in [0.05, 0.1) is 18.9 Å². The van der Waals surface area contributed by atoms with Crippen LogP contribution in [0.4, 0.5) is 5.69 Å². The number of esters is 1. The van der Waals surface area contributed by atoms with Gasteiger partial charge in [-0.25, -0.2) is 4.79 Å². The third-order valence-electron chi connectivity index (χ3n) is 2.17. The molecule has 0 radical (unpaired) electrons. The lowest BCUT2D eigenvalue weighted by atomic mass is 10.0. The molecule has 0 aliphatic heterocycles. The van der Waals surface area contributed by atoms with Gasteiger partial charge in [-0.2, -0.15) is 0 Å². The van der Waals surface area contributed by atoms with E-state index in [0.717, 1.165) is 0 Å². The molecule has 2 N–H and O–H groups in total. The van der Waals surface area contributed by atoms with Gasteiger partial charge in [0, 0.05) is 5.56 Å². The lowest BCUT2D eigenvalue weighted by Crippen LogP contribution is -2.03. The van der Waals surface area contributed by atoms with Crippen molar-refractivity contribution >= 4 is 11.7 Å². The molecular weight excluding hydrogens is 208 g/mol. The minimum Gasteiger partial charge on any atom is -0.465 e. The molecule has 1 aromatic heterocycles. The summed E-state index contributed by atoms with van der Waals surface area (Å²) < 4.78 is 9.68. The fourth-order valence-corrected chi connectivity index (χ4v) is 1.42. The molecule has 0 bridgehead atoms. The zero-order chi connectivity index (χ0) is 11.5. The van der Waals surface area contributed by atoms with E-state index in [4.69, 9.17) is 10.3 Å². The van der Waals surface area contributed by atoms with E-state index in [1.54, 1.807) is 24.3 Å². The summed E-state index contributed by atoms with van der Waals surface area (Å²) in [6.07, 6.45) is 1.39. The number of rotatable bonds is 2. The first-order chi connectivity index (χ1) is 7.74. The van der Waals surface area contributed by atoms with Gasteiger partial charge in [-0.05, 0) is 6.07 Å². The topological polar surface area (TPSA) is 78.3 Å². The van der Waals surface area contributed by atoms with Crippen LogP contribution in [0.15, 0.2) is 35.0 Å². The summed E-state index contributed by atoms with van der Waals surface area (Å²) in [7, 11) is 1.32. The maximum Gasteiger partial charge on any atom is 0.338 e. The smallest absolute Gasteiger partial charge is 0.338 e. The number of hydrogen-bond acceptors (Lipinski definition) is 5. The summed E-state index contributed by atoms with van der Waals surface area (Å²) in [6.45, 7) is 0. The van der Waals surface area contributed by atoms with Crippen molar-refractivity contribution in [3.8, 4) is 11.3 Å². The van der Waals surface area contributed by atoms with E-state index in [9.17, 15) is 4.79 Å². The zero-order valence-corrected chi connectivity index (χ0v) is 8.64. The highest BCUT2D eigenvalue weighted by Crippen LogP contribution is 2.28. The van der Waals surface area contributed by atoms with Gasteiger partial charge in [-0.15, -0.1) is 0 Å². The molecule has 0 atom stereocenters. The molecule has 0 unspecified atom stereocenters. The summed E-state index contributed by atoms with van der Waals surface area (Å²) in [6, 6.07) is 6.89. The Kier molecular flexibility index (Phi) is 2.59. The third kappa shape index (κ3) is 1.63. The molecule has 0 aliphatic carbocycles. The van der Waals surface area contributed by atoms with Gasteiger partial charge in [-0.3, -0.25) is 0 Å². The van der Waals surface area contributed by atoms with Gasteiger partial charge in [0.1, 0.15) is 5.69 Å². The van der Waals surface area contributed by atoms with Gasteiger partial charge < -0.3 is 15.0 Å². The maximum absolute atomic E-state index is 11.5. The number of carbonyl (C=O) groups is 1. The largest absolute Gasteiger partial charge is 0.465 e. The van der Waals surface area contributed by atoms with Crippen molar-refractivity contribution in [2.75, 3.05) is 12.8 Å². The summed E-state index contributed by atoms with van der Waals surface area (Å²) >= 11 is 0. The first kappa shape index (κ1) is 10.2. The van der Waals surface area contributed by atoms with Gasteiger partial charge in [0.15, 0.2) is 5.76 Å². The van der Waals surface area contributed by atoms with Crippen LogP contribution in [0.3, 0.4) is 0 Å². The highest BCUT2D eigenvalue weighted by atomic mass is 16.5. The minimum absolute atomic E-state index is 0.376. The zero-order valence-electron chi connectivity index (χ0n) is 8.64. The fraction of sp³-hybridized carbons (Fsp3) is 0.0909. The molecule has 82 valence electrons. The number of nitrogens with zero attached hydrogens (tertiary/aromatic N) is 1. The van der Waals surface area contributed by atoms with Crippen LogP contribution in [0.2, 0.25) is 0 Å². The van der Waals surface area contributed by atoms with Crippen LogP contribution in [0.5, 0.6) is 0 Å². The third-order valence-corrected chi connectivity index (χ3v) is 2.17. The average molecular weight is 218 g/mol. The van der Waals surface area contributed by atoms with Crippen molar-refractivity contribution < 1.29 is 14.1 Å². The van der Waals surface area contributed by atoms with Crippen molar-refractivity contribution in [2.45, 2.75) is 0 Å². The van der Waals surface area contributed by atoms with Gasteiger partial charge in [0.2, 0.25) is 0 Å². The van der Waals surface area contributed by atoms with E-state index in [2.05, 4.69) is 9.89 Å². The molecular formula is C11H10N2O3. The van der Waals surface area contributed by atoms with E-state index in [1.807, 2.05) is 0 Å². The molecule has 5 nitrogen and oxygen atoms in total. The quantitative estimate of drug-likeness (QED) is 0.776. The van der Waals surface area contributed by atoms with Crippen LogP contribution < -0.4 is 5.73 Å². The number of methoxy groups -OCH3 is 1. The predicted octanol–water partition coefficient (Wildman–Crippen LogP) is 1.71. The van der Waals surface area contributed by atoms with Crippen molar-refractivity contribution in [1.29, 1.82) is 0 Å². The molecule has 0 amide bonds. The second-order valence-corrected chi connectivity index (χ2v) is 3.15. The van der Waals surface area contributed by atoms with E-state index < -0.39 is 5.97 Å². The lowest BCUT2D eigenvalue weighted by molar-refractivity contribution is 0.0601. The fourth-order valence-electron chi connectivity index (χ4n) is 1.42. The average Bonchev–Trinajstić information content (AvgIpc) is 2.74. The second-order valence-electron chi connectivity index (χ2n) is 3.15. The molecule has 0 saturated heterocycles. The summed E-state index contributed by atoms with van der Waals surface area (Å²) in [5, 5.41) is 3.57. The SMILES string of the molecule is COC(=O)c1ccccc1-c1oncc1N. The molecule has 16 heavy (non-hydrogen) atoms. The van der Waals surface area contributed by atoms with Crippen molar-refractivity contribution in [3.05, 3.63) is 36.0 Å². The molecule has 1 aromatic carbocycles. The molecule has 2 rings (SSSR count). The Morgan fingerprint density at radius 3 is 2.81 bits per heavy atom. The highest BCUT2D eigenvalue weighted by molar-refractivity contribution is 5.97. The number of nitrogens with two attached hydrogens (primary N) is 1. The Morgan fingerprint density at radius 1 is 1.44 bits per heavy atom. The molecule has 1 heterocycles. The maximum atomic E-state index is 11.5. The second kappa shape index (κ2) is 4.06. The van der Waals surface area contributed by atoms with Crippen molar-refractivity contribution in [2.24, 2.45) is 0 Å². The van der Waals surface area contributed by atoms with Crippen LogP contribution in [-0.2, 0) is 4.74 Å². The Bertz CT molecular complexity index is 519. The summed E-state index contributed by atoms with van der Waals surface area (Å²) in [5.74, 6) is -0.0626. The Labute approximate surface area is 91.8 Å². The standard InChI is InChI=1S/C11H10N2O3/c1-15-11(14)8-5-3-2-4-7(8)10-9(12)6-13-16-10/h2-6H,12H2,1H3. The van der Waals surface area contributed by atoms with E-state index in [0.29, 0.717) is 22.6 Å². The number of anilines is 1. The Morgan fingerprint density at radius 2 is 2.19 bits per heavy atom. The number of ether oxygens (including phenoxy) is 1. The van der Waals surface area contributed by atoms with Crippen LogP contribution in [0.25, 0.3) is 11.3 Å². The van der Waals surface area contributed by atoms with Crippen LogP contribution in [0.1, 0.15) is 10.4 Å². The first-order valence-electron chi connectivity index (χ1n) is 4.62. The van der Waals surface area contributed by atoms with Crippen molar-refractivity contribution in [3.63, 3.8) is 0 Å². The monoisotopic (exact) mass is 218 g/mol. The predicted molar refractivity (Wildman–Crippen MR) is 57.7 cm³/mol. The molecule has 0 aliphatic rings. The van der Waals surface area contributed by atoms with E-state index in [1.165, 1.54) is 13.3 Å². The number of nitrogen functional groups attached to an aromatic ring is 1. The first-order valence-corrected chi connectivity index (χ1v) is 4.62. The molecule has 0 saturated carbocycles. The summed E-state index contributed by atoms with van der Waals surface area (Å²) in [5.41, 5.74) is 7.03. The van der Waals surface area contributed by atoms with Crippen LogP contribution in [-0.4, -0.2) is 18.2 Å². The molecule has 5 heteroatoms. The molecule has 0 fully saturated rings.